The maximum atomic E-state index is 13.3. The summed E-state index contributed by atoms with van der Waals surface area (Å²) in [6.45, 7) is 0. The number of nitrogens with one attached hydrogen (secondary N) is 1. The zero-order valence-corrected chi connectivity index (χ0v) is 13.6. The van der Waals surface area contributed by atoms with Gasteiger partial charge in [-0.2, -0.15) is 5.10 Å². The number of amides is 1. The average Bonchev–Trinajstić information content (AvgIpc) is 2.83. The molecule has 114 valence electrons. The van der Waals surface area contributed by atoms with Crippen LogP contribution >= 0.6 is 27.7 Å². The molecule has 0 unspecified atom stereocenters. The predicted molar refractivity (Wildman–Crippen MR) is 85.0 cm³/mol. The third-order valence-electron chi connectivity index (χ3n) is 2.40. The minimum Gasteiger partial charge on any atom is -0.466 e. The highest BCUT2D eigenvalue weighted by Crippen LogP contribution is 2.23. The van der Waals surface area contributed by atoms with Crippen LogP contribution in [0.4, 0.5) is 4.39 Å². The van der Waals surface area contributed by atoms with Crippen molar-refractivity contribution in [1.29, 1.82) is 0 Å². The Kier molecular flexibility index (Phi) is 5.45. The SMILES string of the molecule is COC(=O)/C=C1/S/C(=N\N=Cc2ccc(Br)c(F)c2)NC1=O. The van der Waals surface area contributed by atoms with Gasteiger partial charge in [-0.25, -0.2) is 9.18 Å². The molecule has 9 heteroatoms. The van der Waals surface area contributed by atoms with Gasteiger partial charge in [0.05, 0.1) is 22.7 Å². The molecule has 1 aromatic carbocycles. The van der Waals surface area contributed by atoms with E-state index in [-0.39, 0.29) is 10.1 Å². The Morgan fingerprint density at radius 1 is 1.50 bits per heavy atom. The van der Waals surface area contributed by atoms with Crippen molar-refractivity contribution >= 4 is 51.0 Å². The summed E-state index contributed by atoms with van der Waals surface area (Å²) in [6.07, 6.45) is 2.41. The Hall–Kier alpha value is -2.00. The zero-order chi connectivity index (χ0) is 16.1. The first-order valence-corrected chi connectivity index (χ1v) is 7.45. The van der Waals surface area contributed by atoms with Crippen molar-refractivity contribution in [2.24, 2.45) is 10.2 Å². The van der Waals surface area contributed by atoms with Gasteiger partial charge in [-0.1, -0.05) is 6.07 Å². The molecular formula is C13H9BrFN3O3S. The molecule has 0 aliphatic carbocycles. The van der Waals surface area contributed by atoms with Crippen LogP contribution in [0.5, 0.6) is 0 Å². The number of ether oxygens (including phenoxy) is 1. The van der Waals surface area contributed by atoms with Crippen molar-refractivity contribution < 1.29 is 18.7 Å². The number of thioether (sulfide) groups is 1. The van der Waals surface area contributed by atoms with E-state index in [0.29, 0.717) is 10.0 Å². The van der Waals surface area contributed by atoms with E-state index in [1.165, 1.54) is 19.4 Å². The first-order chi connectivity index (χ1) is 10.5. The first-order valence-electron chi connectivity index (χ1n) is 5.84. The Balaban J connectivity index is 2.06. The summed E-state index contributed by atoms with van der Waals surface area (Å²) < 4.78 is 18.1. The molecule has 1 aliphatic heterocycles. The van der Waals surface area contributed by atoms with Crippen LogP contribution in [0.2, 0.25) is 0 Å². The normalized spacial score (nSPS) is 18.2. The summed E-state index contributed by atoms with van der Waals surface area (Å²) in [5.74, 6) is -1.50. The van der Waals surface area contributed by atoms with Crippen LogP contribution in [0.3, 0.4) is 0 Å². The van der Waals surface area contributed by atoms with Gasteiger partial charge in [0.25, 0.3) is 5.91 Å². The highest BCUT2D eigenvalue weighted by molar-refractivity contribution is 9.10. The van der Waals surface area contributed by atoms with E-state index in [2.05, 4.69) is 36.2 Å². The van der Waals surface area contributed by atoms with E-state index in [1.807, 2.05) is 0 Å². The molecule has 1 aromatic rings. The third-order valence-corrected chi connectivity index (χ3v) is 3.94. The number of carbonyl (C=O) groups is 2. The van der Waals surface area contributed by atoms with E-state index in [1.54, 1.807) is 12.1 Å². The third kappa shape index (κ3) is 4.25. The van der Waals surface area contributed by atoms with Gasteiger partial charge in [-0.3, -0.25) is 10.1 Å². The summed E-state index contributed by atoms with van der Waals surface area (Å²) >= 11 is 4.01. The number of amidine groups is 1. The largest absolute Gasteiger partial charge is 0.466 e. The molecule has 2 rings (SSSR count). The molecule has 0 bridgehead atoms. The fraction of sp³-hybridized carbons (Fsp3) is 0.0769. The van der Waals surface area contributed by atoms with E-state index >= 15 is 0 Å². The van der Waals surface area contributed by atoms with Gasteiger partial charge < -0.3 is 4.74 Å². The molecule has 22 heavy (non-hydrogen) atoms. The Morgan fingerprint density at radius 2 is 2.27 bits per heavy atom. The molecule has 0 atom stereocenters. The lowest BCUT2D eigenvalue weighted by Crippen LogP contribution is -2.19. The zero-order valence-electron chi connectivity index (χ0n) is 11.2. The van der Waals surface area contributed by atoms with E-state index in [4.69, 9.17) is 0 Å². The highest BCUT2D eigenvalue weighted by atomic mass is 79.9. The van der Waals surface area contributed by atoms with Crippen LogP contribution in [0.25, 0.3) is 0 Å². The average molecular weight is 386 g/mol. The van der Waals surface area contributed by atoms with Crippen LogP contribution in [0.1, 0.15) is 5.56 Å². The van der Waals surface area contributed by atoms with Crippen molar-refractivity contribution in [2.75, 3.05) is 7.11 Å². The monoisotopic (exact) mass is 385 g/mol. The Bertz CT molecular complexity index is 718. The Labute approximate surface area is 137 Å². The van der Waals surface area contributed by atoms with Gasteiger partial charge >= 0.3 is 5.97 Å². The van der Waals surface area contributed by atoms with Gasteiger partial charge in [0.2, 0.25) is 0 Å². The van der Waals surface area contributed by atoms with Crippen LogP contribution in [0, 0.1) is 5.82 Å². The highest BCUT2D eigenvalue weighted by Gasteiger charge is 2.24. The summed E-state index contributed by atoms with van der Waals surface area (Å²) in [5.41, 5.74) is 0.518. The van der Waals surface area contributed by atoms with E-state index in [0.717, 1.165) is 17.8 Å². The molecule has 0 aromatic heterocycles. The van der Waals surface area contributed by atoms with Gasteiger partial charge in [0.15, 0.2) is 5.17 Å². The number of benzene rings is 1. The second-order valence-corrected chi connectivity index (χ2v) is 5.80. The van der Waals surface area contributed by atoms with Crippen LogP contribution in [-0.2, 0) is 14.3 Å². The van der Waals surface area contributed by atoms with Gasteiger partial charge in [-0.15, -0.1) is 5.10 Å². The van der Waals surface area contributed by atoms with Crippen LogP contribution < -0.4 is 5.32 Å². The Morgan fingerprint density at radius 3 is 2.95 bits per heavy atom. The quantitative estimate of drug-likeness (QED) is 0.374. The maximum Gasteiger partial charge on any atom is 0.331 e. The number of esters is 1. The molecule has 1 N–H and O–H groups in total. The molecule has 1 aliphatic rings. The predicted octanol–water partition coefficient (Wildman–Crippen LogP) is 2.20. The minimum atomic E-state index is -0.632. The topological polar surface area (TPSA) is 80.1 Å². The smallest absolute Gasteiger partial charge is 0.331 e. The summed E-state index contributed by atoms with van der Waals surface area (Å²) in [6, 6.07) is 4.49. The van der Waals surface area contributed by atoms with E-state index in [9.17, 15) is 14.0 Å². The standard InChI is InChI=1S/C13H9BrFN3O3S/c1-21-11(19)5-10-12(20)17-13(22-10)18-16-6-7-2-3-8(14)9(15)4-7/h2-6H,1H3,(H,17,18,20)/b10-5+,16-6?. The molecule has 1 fully saturated rings. The maximum absolute atomic E-state index is 13.3. The van der Waals surface area contributed by atoms with Crippen molar-refractivity contribution in [1.82, 2.24) is 5.32 Å². The molecule has 6 nitrogen and oxygen atoms in total. The molecular weight excluding hydrogens is 377 g/mol. The van der Waals surface area contributed by atoms with Gasteiger partial charge in [-0.05, 0) is 45.4 Å². The first kappa shape index (κ1) is 16.4. The van der Waals surface area contributed by atoms with Crippen molar-refractivity contribution in [3.8, 4) is 0 Å². The molecule has 1 heterocycles. The van der Waals surface area contributed by atoms with Crippen LogP contribution in [-0.4, -0.2) is 30.4 Å². The summed E-state index contributed by atoms with van der Waals surface area (Å²) in [4.78, 5) is 22.8. The number of rotatable bonds is 3. The fourth-order valence-corrected chi connectivity index (χ4v) is 2.37. The molecule has 1 amide bonds. The number of hydrogen-bond acceptors (Lipinski definition) is 6. The second-order valence-electron chi connectivity index (χ2n) is 3.91. The number of hydrogen-bond donors (Lipinski definition) is 1. The second kappa shape index (κ2) is 7.32. The lowest BCUT2D eigenvalue weighted by molar-refractivity contribution is -0.135. The molecule has 0 saturated carbocycles. The van der Waals surface area contributed by atoms with Crippen LogP contribution in [0.15, 0.2) is 43.9 Å². The molecule has 1 saturated heterocycles. The van der Waals surface area contributed by atoms with Crippen molar-refractivity contribution in [3.63, 3.8) is 0 Å². The lowest BCUT2D eigenvalue weighted by atomic mass is 10.2. The summed E-state index contributed by atoms with van der Waals surface area (Å²) in [5, 5.41) is 10.2. The minimum absolute atomic E-state index is 0.162. The van der Waals surface area contributed by atoms with Crippen molar-refractivity contribution in [2.45, 2.75) is 0 Å². The number of carbonyl (C=O) groups excluding carboxylic acids is 2. The van der Waals surface area contributed by atoms with Crippen molar-refractivity contribution in [3.05, 3.63) is 45.0 Å². The summed E-state index contributed by atoms with van der Waals surface area (Å²) in [7, 11) is 1.22. The van der Waals surface area contributed by atoms with Gasteiger partial charge in [0.1, 0.15) is 5.82 Å². The number of nitrogens with zero attached hydrogens (tertiary/aromatic N) is 2. The number of halogens is 2. The van der Waals surface area contributed by atoms with E-state index < -0.39 is 17.7 Å². The van der Waals surface area contributed by atoms with Gasteiger partial charge in [0, 0.05) is 6.08 Å². The molecule has 0 radical (unpaired) electrons. The fourth-order valence-electron chi connectivity index (χ4n) is 1.38. The lowest BCUT2D eigenvalue weighted by Gasteiger charge is -1.95. The molecule has 0 spiro atoms. The number of methoxy groups -OCH3 is 1.